The average molecular weight is 234 g/mol. The molecule has 0 aliphatic carbocycles. The van der Waals surface area contributed by atoms with E-state index in [0.717, 1.165) is 5.56 Å². The van der Waals surface area contributed by atoms with Gasteiger partial charge in [0.2, 0.25) is 0 Å². The van der Waals surface area contributed by atoms with E-state index in [-0.39, 0.29) is 0 Å². The molecule has 2 nitrogen and oxygen atoms in total. The molecular weight excluding hydrogens is 221 g/mol. The number of hydrogen-bond acceptors (Lipinski definition) is 2. The standard InChI is InChI=1S/C10H13Cl2NO/c1-3-14-10-7(6-13-2)4-8(11)5-9(10)12/h4-5,13H,3,6H2,1-2H3. The Bertz CT molecular complexity index is 315. The molecule has 1 N–H and O–H groups in total. The van der Waals surface area contributed by atoms with Gasteiger partial charge in [0.1, 0.15) is 5.75 Å². The normalized spacial score (nSPS) is 10.3. The predicted molar refractivity (Wildman–Crippen MR) is 60.4 cm³/mol. The molecule has 0 aromatic heterocycles. The van der Waals surface area contributed by atoms with Gasteiger partial charge in [-0.3, -0.25) is 0 Å². The molecular formula is C10H13Cl2NO. The van der Waals surface area contributed by atoms with E-state index in [0.29, 0.717) is 28.9 Å². The van der Waals surface area contributed by atoms with Crippen molar-refractivity contribution in [2.75, 3.05) is 13.7 Å². The second-order valence-electron chi connectivity index (χ2n) is 2.84. The van der Waals surface area contributed by atoms with Crippen molar-refractivity contribution in [3.63, 3.8) is 0 Å². The highest BCUT2D eigenvalue weighted by Gasteiger charge is 2.09. The number of rotatable bonds is 4. The maximum absolute atomic E-state index is 6.01. The van der Waals surface area contributed by atoms with Crippen LogP contribution in [0.1, 0.15) is 12.5 Å². The Morgan fingerprint density at radius 1 is 1.36 bits per heavy atom. The van der Waals surface area contributed by atoms with Gasteiger partial charge in [-0.05, 0) is 26.1 Å². The summed E-state index contributed by atoms with van der Waals surface area (Å²) in [5.41, 5.74) is 0.979. The molecule has 0 atom stereocenters. The number of halogens is 2. The first-order chi connectivity index (χ1) is 6.69. The quantitative estimate of drug-likeness (QED) is 0.864. The van der Waals surface area contributed by atoms with Gasteiger partial charge < -0.3 is 10.1 Å². The van der Waals surface area contributed by atoms with Crippen LogP contribution in [0.25, 0.3) is 0 Å². The van der Waals surface area contributed by atoms with Crippen LogP contribution < -0.4 is 10.1 Å². The van der Waals surface area contributed by atoms with Crippen LogP contribution >= 0.6 is 23.2 Å². The number of hydrogen-bond donors (Lipinski definition) is 1. The summed E-state index contributed by atoms with van der Waals surface area (Å²) >= 11 is 11.9. The van der Waals surface area contributed by atoms with Crippen LogP contribution in [0.5, 0.6) is 5.75 Å². The van der Waals surface area contributed by atoms with Crippen LogP contribution in [-0.2, 0) is 6.54 Å². The third-order valence-corrected chi connectivity index (χ3v) is 2.24. The Hall–Kier alpha value is -0.440. The molecule has 0 heterocycles. The van der Waals surface area contributed by atoms with Gasteiger partial charge in [-0.25, -0.2) is 0 Å². The van der Waals surface area contributed by atoms with E-state index in [4.69, 9.17) is 27.9 Å². The van der Waals surface area contributed by atoms with E-state index in [1.807, 2.05) is 20.0 Å². The fourth-order valence-electron chi connectivity index (χ4n) is 1.24. The molecule has 1 aromatic carbocycles. The molecule has 0 fully saturated rings. The van der Waals surface area contributed by atoms with Crippen LogP contribution in [0, 0.1) is 0 Å². The number of ether oxygens (including phenoxy) is 1. The van der Waals surface area contributed by atoms with Gasteiger partial charge in [0.05, 0.1) is 11.6 Å². The molecule has 1 rings (SSSR count). The fraction of sp³-hybridized carbons (Fsp3) is 0.400. The van der Waals surface area contributed by atoms with Crippen molar-refractivity contribution >= 4 is 23.2 Å². The van der Waals surface area contributed by atoms with E-state index in [1.54, 1.807) is 6.07 Å². The van der Waals surface area contributed by atoms with Crippen LogP contribution in [-0.4, -0.2) is 13.7 Å². The van der Waals surface area contributed by atoms with Gasteiger partial charge in [0.15, 0.2) is 0 Å². The lowest BCUT2D eigenvalue weighted by atomic mass is 10.2. The van der Waals surface area contributed by atoms with E-state index < -0.39 is 0 Å². The summed E-state index contributed by atoms with van der Waals surface area (Å²) in [6.07, 6.45) is 0. The first-order valence-electron chi connectivity index (χ1n) is 4.44. The molecule has 0 radical (unpaired) electrons. The second kappa shape index (κ2) is 5.44. The van der Waals surface area contributed by atoms with Crippen molar-refractivity contribution in [1.29, 1.82) is 0 Å². The fourth-order valence-corrected chi connectivity index (χ4v) is 1.83. The van der Waals surface area contributed by atoms with Gasteiger partial charge in [0.25, 0.3) is 0 Å². The van der Waals surface area contributed by atoms with Crippen molar-refractivity contribution in [3.8, 4) is 5.75 Å². The summed E-state index contributed by atoms with van der Waals surface area (Å²) in [6.45, 7) is 3.21. The summed E-state index contributed by atoms with van der Waals surface area (Å²) in [6, 6.07) is 3.54. The van der Waals surface area contributed by atoms with Crippen molar-refractivity contribution in [2.45, 2.75) is 13.5 Å². The van der Waals surface area contributed by atoms with Crippen LogP contribution in [0.15, 0.2) is 12.1 Å². The topological polar surface area (TPSA) is 21.3 Å². The molecule has 0 saturated heterocycles. The molecule has 0 aliphatic rings. The molecule has 1 aromatic rings. The van der Waals surface area contributed by atoms with E-state index >= 15 is 0 Å². The molecule has 4 heteroatoms. The lowest BCUT2D eigenvalue weighted by Gasteiger charge is -2.12. The van der Waals surface area contributed by atoms with Gasteiger partial charge in [-0.15, -0.1) is 0 Å². The average Bonchev–Trinajstić information content (AvgIpc) is 2.11. The monoisotopic (exact) mass is 233 g/mol. The summed E-state index contributed by atoms with van der Waals surface area (Å²) in [4.78, 5) is 0. The SMILES string of the molecule is CCOc1c(Cl)cc(Cl)cc1CNC. The summed E-state index contributed by atoms with van der Waals surface area (Å²) < 4.78 is 5.44. The second-order valence-corrected chi connectivity index (χ2v) is 3.68. The minimum absolute atomic E-state index is 0.560. The third-order valence-electron chi connectivity index (χ3n) is 1.74. The Balaban J connectivity index is 3.07. The molecule has 78 valence electrons. The highest BCUT2D eigenvalue weighted by Crippen LogP contribution is 2.32. The Morgan fingerprint density at radius 2 is 2.07 bits per heavy atom. The lowest BCUT2D eigenvalue weighted by Crippen LogP contribution is -2.07. The minimum atomic E-state index is 0.560. The summed E-state index contributed by atoms with van der Waals surface area (Å²) in [5.74, 6) is 0.716. The van der Waals surface area contributed by atoms with Crippen molar-refractivity contribution in [3.05, 3.63) is 27.7 Å². The largest absolute Gasteiger partial charge is 0.492 e. The number of benzene rings is 1. The first-order valence-corrected chi connectivity index (χ1v) is 5.20. The zero-order chi connectivity index (χ0) is 10.6. The van der Waals surface area contributed by atoms with E-state index in [1.165, 1.54) is 0 Å². The zero-order valence-electron chi connectivity index (χ0n) is 8.23. The van der Waals surface area contributed by atoms with Gasteiger partial charge in [-0.2, -0.15) is 0 Å². The molecule has 14 heavy (non-hydrogen) atoms. The Labute approximate surface area is 94.2 Å². The van der Waals surface area contributed by atoms with Gasteiger partial charge in [-0.1, -0.05) is 23.2 Å². The molecule has 0 unspecified atom stereocenters. The smallest absolute Gasteiger partial charge is 0.142 e. The van der Waals surface area contributed by atoms with E-state index in [2.05, 4.69) is 5.32 Å². The van der Waals surface area contributed by atoms with Crippen molar-refractivity contribution in [2.24, 2.45) is 0 Å². The van der Waals surface area contributed by atoms with Crippen LogP contribution in [0.2, 0.25) is 10.0 Å². The zero-order valence-corrected chi connectivity index (χ0v) is 9.74. The number of nitrogens with one attached hydrogen (secondary N) is 1. The molecule has 0 saturated carbocycles. The molecule has 0 spiro atoms. The Kier molecular flexibility index (Phi) is 4.52. The predicted octanol–water partition coefficient (Wildman–Crippen LogP) is 3.11. The summed E-state index contributed by atoms with van der Waals surface area (Å²) in [5, 5.41) is 4.23. The maximum Gasteiger partial charge on any atom is 0.142 e. The molecule has 0 amide bonds. The minimum Gasteiger partial charge on any atom is -0.492 e. The van der Waals surface area contributed by atoms with Gasteiger partial charge >= 0.3 is 0 Å². The molecule has 0 bridgehead atoms. The van der Waals surface area contributed by atoms with Gasteiger partial charge in [0, 0.05) is 17.1 Å². The van der Waals surface area contributed by atoms with E-state index in [9.17, 15) is 0 Å². The van der Waals surface area contributed by atoms with Crippen molar-refractivity contribution in [1.82, 2.24) is 5.32 Å². The highest BCUT2D eigenvalue weighted by molar-refractivity contribution is 6.35. The lowest BCUT2D eigenvalue weighted by molar-refractivity contribution is 0.336. The van der Waals surface area contributed by atoms with Crippen LogP contribution in [0.4, 0.5) is 0 Å². The maximum atomic E-state index is 6.01. The molecule has 0 aliphatic heterocycles. The first kappa shape index (κ1) is 11.6. The third kappa shape index (κ3) is 2.77. The summed E-state index contributed by atoms with van der Waals surface area (Å²) in [7, 11) is 1.87. The van der Waals surface area contributed by atoms with Crippen molar-refractivity contribution < 1.29 is 4.74 Å². The Morgan fingerprint density at radius 3 is 2.64 bits per heavy atom. The highest BCUT2D eigenvalue weighted by atomic mass is 35.5. The van der Waals surface area contributed by atoms with Crippen LogP contribution in [0.3, 0.4) is 0 Å².